The van der Waals surface area contributed by atoms with Gasteiger partial charge in [0.25, 0.3) is 11.5 Å². The lowest BCUT2D eigenvalue weighted by molar-refractivity contribution is 0.102. The van der Waals surface area contributed by atoms with E-state index in [1.165, 1.54) is 11.8 Å². The van der Waals surface area contributed by atoms with Gasteiger partial charge in [0, 0.05) is 18.0 Å². The highest BCUT2D eigenvalue weighted by Crippen LogP contribution is 2.29. The second kappa shape index (κ2) is 8.77. The summed E-state index contributed by atoms with van der Waals surface area (Å²) in [7, 11) is 3.08. The number of fused-ring (bicyclic) bond motifs is 1. The largest absolute Gasteiger partial charge is 0.497 e. The van der Waals surface area contributed by atoms with Crippen LogP contribution < -0.4 is 20.3 Å². The van der Waals surface area contributed by atoms with Gasteiger partial charge in [0.1, 0.15) is 11.5 Å². The molecule has 0 aliphatic rings. The van der Waals surface area contributed by atoms with Crippen LogP contribution in [0.15, 0.2) is 47.3 Å². The van der Waals surface area contributed by atoms with E-state index < -0.39 is 5.91 Å². The van der Waals surface area contributed by atoms with Crippen molar-refractivity contribution in [2.75, 3.05) is 19.5 Å². The molecule has 0 aliphatic heterocycles. The Morgan fingerprint density at radius 2 is 1.83 bits per heavy atom. The van der Waals surface area contributed by atoms with E-state index in [0.717, 1.165) is 6.42 Å². The number of carbonyl (C=O) groups is 1. The Morgan fingerprint density at radius 3 is 2.48 bits per heavy atom. The highest BCUT2D eigenvalue weighted by atomic mass is 16.5. The van der Waals surface area contributed by atoms with Crippen LogP contribution in [0.1, 0.15) is 30.8 Å². The topological polar surface area (TPSA) is 82.5 Å². The zero-order valence-corrected chi connectivity index (χ0v) is 17.1. The number of hydrogen-bond acceptors (Lipinski definition) is 5. The van der Waals surface area contributed by atoms with E-state index in [9.17, 15) is 9.59 Å². The lowest BCUT2D eigenvalue weighted by atomic mass is 10.1. The minimum atomic E-state index is -0.414. The van der Waals surface area contributed by atoms with Crippen LogP contribution in [-0.2, 0) is 6.54 Å². The normalized spacial score (nSPS) is 10.9. The van der Waals surface area contributed by atoms with E-state index in [1.54, 1.807) is 49.6 Å². The Labute approximate surface area is 169 Å². The SMILES string of the molecule is COc1ccc(NC(=O)c2nn(CCC(C)C)c(=O)c3ccccc23)c(OC)c1. The van der Waals surface area contributed by atoms with Gasteiger partial charge in [-0.2, -0.15) is 5.10 Å². The smallest absolute Gasteiger partial charge is 0.276 e. The minimum absolute atomic E-state index is 0.195. The van der Waals surface area contributed by atoms with Crippen LogP contribution in [0.5, 0.6) is 11.5 Å². The predicted molar refractivity (Wildman–Crippen MR) is 113 cm³/mol. The highest BCUT2D eigenvalue weighted by molar-refractivity contribution is 6.11. The summed E-state index contributed by atoms with van der Waals surface area (Å²) in [5.74, 6) is 1.08. The summed E-state index contributed by atoms with van der Waals surface area (Å²) >= 11 is 0. The van der Waals surface area contributed by atoms with Crippen LogP contribution in [0.25, 0.3) is 10.8 Å². The van der Waals surface area contributed by atoms with Crippen molar-refractivity contribution < 1.29 is 14.3 Å². The van der Waals surface area contributed by atoms with E-state index in [1.807, 2.05) is 0 Å². The molecule has 1 amide bonds. The number of aryl methyl sites for hydroxylation is 1. The standard InChI is InChI=1S/C22H25N3O4/c1-14(2)11-12-25-22(27)17-8-6-5-7-16(17)20(24-25)21(26)23-18-10-9-15(28-3)13-19(18)29-4/h5-10,13-14H,11-12H2,1-4H3,(H,23,26). The molecule has 1 aromatic heterocycles. The van der Waals surface area contributed by atoms with Gasteiger partial charge in [0.05, 0.1) is 25.3 Å². The molecule has 1 N–H and O–H groups in total. The van der Waals surface area contributed by atoms with Gasteiger partial charge in [0.2, 0.25) is 0 Å². The van der Waals surface area contributed by atoms with Gasteiger partial charge < -0.3 is 14.8 Å². The summed E-state index contributed by atoms with van der Waals surface area (Å²) in [5.41, 5.74) is 0.491. The molecular weight excluding hydrogens is 370 g/mol. The Bertz CT molecular complexity index is 1090. The summed E-state index contributed by atoms with van der Waals surface area (Å²) in [6.45, 7) is 4.61. The number of benzene rings is 2. The van der Waals surface area contributed by atoms with Crippen molar-refractivity contribution in [3.05, 3.63) is 58.5 Å². The fraction of sp³-hybridized carbons (Fsp3) is 0.318. The van der Waals surface area contributed by atoms with Gasteiger partial charge in [-0.3, -0.25) is 9.59 Å². The summed E-state index contributed by atoms with van der Waals surface area (Å²) < 4.78 is 11.9. The third-order valence-corrected chi connectivity index (χ3v) is 4.66. The highest BCUT2D eigenvalue weighted by Gasteiger charge is 2.18. The summed E-state index contributed by atoms with van der Waals surface area (Å²) in [6, 6.07) is 12.1. The summed E-state index contributed by atoms with van der Waals surface area (Å²) in [6.07, 6.45) is 0.790. The average molecular weight is 395 g/mol. The van der Waals surface area contributed by atoms with Crippen LogP contribution in [-0.4, -0.2) is 29.9 Å². The van der Waals surface area contributed by atoms with Crippen molar-refractivity contribution in [3.63, 3.8) is 0 Å². The number of methoxy groups -OCH3 is 2. The molecule has 0 saturated carbocycles. The van der Waals surface area contributed by atoms with Gasteiger partial charge in [0.15, 0.2) is 5.69 Å². The first-order valence-electron chi connectivity index (χ1n) is 9.47. The van der Waals surface area contributed by atoms with Gasteiger partial charge in [-0.25, -0.2) is 4.68 Å². The molecular formula is C22H25N3O4. The fourth-order valence-electron chi connectivity index (χ4n) is 3.02. The molecule has 0 radical (unpaired) electrons. The van der Waals surface area contributed by atoms with Crippen molar-refractivity contribution in [1.29, 1.82) is 0 Å². The van der Waals surface area contributed by atoms with Crippen LogP contribution in [0.3, 0.4) is 0 Å². The van der Waals surface area contributed by atoms with Crippen molar-refractivity contribution in [2.24, 2.45) is 5.92 Å². The van der Waals surface area contributed by atoms with E-state index in [0.29, 0.717) is 40.4 Å². The number of aromatic nitrogens is 2. The number of hydrogen-bond donors (Lipinski definition) is 1. The zero-order valence-electron chi connectivity index (χ0n) is 17.1. The van der Waals surface area contributed by atoms with Crippen molar-refractivity contribution in [3.8, 4) is 11.5 Å². The molecule has 0 atom stereocenters. The van der Waals surface area contributed by atoms with Crippen LogP contribution >= 0.6 is 0 Å². The fourth-order valence-corrected chi connectivity index (χ4v) is 3.02. The molecule has 7 heteroatoms. The Morgan fingerprint density at radius 1 is 1.10 bits per heavy atom. The summed E-state index contributed by atoms with van der Waals surface area (Å²) in [4.78, 5) is 25.9. The first-order chi connectivity index (χ1) is 13.9. The molecule has 0 saturated heterocycles. The zero-order chi connectivity index (χ0) is 21.0. The number of nitrogens with zero attached hydrogens (tertiary/aromatic N) is 2. The first-order valence-corrected chi connectivity index (χ1v) is 9.47. The first kappa shape index (κ1) is 20.4. The van der Waals surface area contributed by atoms with Gasteiger partial charge >= 0.3 is 0 Å². The quantitative estimate of drug-likeness (QED) is 0.659. The Hall–Kier alpha value is -3.35. The number of carbonyl (C=O) groups excluding carboxylic acids is 1. The molecule has 0 unspecified atom stereocenters. The van der Waals surface area contributed by atoms with Crippen molar-refractivity contribution in [2.45, 2.75) is 26.8 Å². The monoisotopic (exact) mass is 395 g/mol. The van der Waals surface area contributed by atoms with Gasteiger partial charge in [-0.05, 0) is 30.5 Å². The van der Waals surface area contributed by atoms with E-state index in [-0.39, 0.29) is 11.3 Å². The third kappa shape index (κ3) is 4.39. The maximum Gasteiger partial charge on any atom is 0.276 e. The van der Waals surface area contributed by atoms with Crippen LogP contribution in [0.4, 0.5) is 5.69 Å². The average Bonchev–Trinajstić information content (AvgIpc) is 2.73. The third-order valence-electron chi connectivity index (χ3n) is 4.66. The maximum absolute atomic E-state index is 13.1. The molecule has 0 aliphatic carbocycles. The van der Waals surface area contributed by atoms with Crippen LogP contribution in [0.2, 0.25) is 0 Å². The molecule has 2 aromatic carbocycles. The second-order valence-electron chi connectivity index (χ2n) is 7.13. The molecule has 0 fully saturated rings. The molecule has 152 valence electrons. The Balaban J connectivity index is 2.03. The second-order valence-corrected chi connectivity index (χ2v) is 7.13. The summed E-state index contributed by atoms with van der Waals surface area (Å²) in [5, 5.41) is 8.21. The lowest BCUT2D eigenvalue weighted by Crippen LogP contribution is -2.28. The number of nitrogens with one attached hydrogen (secondary N) is 1. The number of ether oxygens (including phenoxy) is 2. The molecule has 7 nitrogen and oxygen atoms in total. The molecule has 0 spiro atoms. The minimum Gasteiger partial charge on any atom is -0.497 e. The molecule has 3 aromatic rings. The number of amides is 1. The van der Waals surface area contributed by atoms with Crippen LogP contribution in [0, 0.1) is 5.92 Å². The Kier molecular flexibility index (Phi) is 6.16. The molecule has 3 rings (SSSR count). The molecule has 29 heavy (non-hydrogen) atoms. The van der Waals surface area contributed by atoms with Crippen molar-refractivity contribution in [1.82, 2.24) is 9.78 Å². The van der Waals surface area contributed by atoms with E-state index >= 15 is 0 Å². The van der Waals surface area contributed by atoms with E-state index in [4.69, 9.17) is 9.47 Å². The maximum atomic E-state index is 13.1. The molecule has 0 bridgehead atoms. The lowest BCUT2D eigenvalue weighted by Gasteiger charge is -2.14. The van der Waals surface area contributed by atoms with Crippen molar-refractivity contribution >= 4 is 22.4 Å². The van der Waals surface area contributed by atoms with Gasteiger partial charge in [-0.15, -0.1) is 0 Å². The predicted octanol–water partition coefficient (Wildman–Crippen LogP) is 3.71. The van der Waals surface area contributed by atoms with Gasteiger partial charge in [-0.1, -0.05) is 32.0 Å². The number of rotatable bonds is 7. The van der Waals surface area contributed by atoms with E-state index in [2.05, 4.69) is 24.3 Å². The number of anilines is 1. The molecule has 1 heterocycles.